The van der Waals surface area contributed by atoms with Crippen molar-refractivity contribution in [3.63, 3.8) is 0 Å². The molecule has 0 aliphatic carbocycles. The normalized spacial score (nSPS) is 10.8. The lowest BCUT2D eigenvalue weighted by molar-refractivity contribution is 0.472. The summed E-state index contributed by atoms with van der Waals surface area (Å²) in [4.78, 5) is 0. The summed E-state index contributed by atoms with van der Waals surface area (Å²) in [5.74, 6) is 0.793. The van der Waals surface area contributed by atoms with E-state index in [1.54, 1.807) is 17.9 Å². The molecule has 0 bridgehead atoms. The zero-order valence-electron chi connectivity index (χ0n) is 9.95. The number of nitrogens with zero attached hydrogens (tertiary/aromatic N) is 2. The lowest BCUT2D eigenvalue weighted by Crippen LogP contribution is -1.99. The summed E-state index contributed by atoms with van der Waals surface area (Å²) in [6.07, 6.45) is 1.67. The average molecular weight is 296 g/mol. The highest BCUT2D eigenvalue weighted by atomic mass is 79.9. The van der Waals surface area contributed by atoms with Crippen molar-refractivity contribution in [2.45, 2.75) is 13.8 Å². The third-order valence-electron chi connectivity index (χ3n) is 2.94. The van der Waals surface area contributed by atoms with Gasteiger partial charge in [-0.25, -0.2) is 0 Å². The van der Waals surface area contributed by atoms with Crippen LogP contribution in [0.1, 0.15) is 11.1 Å². The van der Waals surface area contributed by atoms with Gasteiger partial charge < -0.3 is 10.8 Å². The molecule has 0 fully saturated rings. The van der Waals surface area contributed by atoms with Crippen molar-refractivity contribution >= 4 is 21.7 Å². The first kappa shape index (κ1) is 12.0. The average Bonchev–Trinajstić information content (AvgIpc) is 2.58. The van der Waals surface area contributed by atoms with Crippen LogP contribution in [0, 0.1) is 13.8 Å². The van der Waals surface area contributed by atoms with Crippen molar-refractivity contribution in [1.82, 2.24) is 9.78 Å². The molecule has 0 amide bonds. The Bertz CT molecular complexity index is 590. The number of nitrogen functional groups attached to an aromatic ring is 1. The second-order valence-corrected chi connectivity index (χ2v) is 4.95. The number of nitrogens with two attached hydrogens (primary N) is 1. The maximum Gasteiger partial charge on any atom is 0.129 e. The maximum atomic E-state index is 10.2. The number of aromatic nitrogens is 2. The minimum atomic E-state index is 0.247. The zero-order valence-corrected chi connectivity index (χ0v) is 11.5. The van der Waals surface area contributed by atoms with Crippen molar-refractivity contribution in [2.24, 2.45) is 7.05 Å². The Hall–Kier alpha value is -1.49. The van der Waals surface area contributed by atoms with E-state index >= 15 is 0 Å². The summed E-state index contributed by atoms with van der Waals surface area (Å²) in [7, 11) is 1.77. The van der Waals surface area contributed by atoms with E-state index in [0.29, 0.717) is 5.82 Å². The number of hydrogen-bond acceptors (Lipinski definition) is 3. The lowest BCUT2D eigenvalue weighted by atomic mass is 9.98. The molecule has 90 valence electrons. The number of anilines is 1. The lowest BCUT2D eigenvalue weighted by Gasteiger charge is -2.12. The Morgan fingerprint density at radius 3 is 2.59 bits per heavy atom. The molecule has 2 aromatic rings. The Morgan fingerprint density at radius 2 is 2.06 bits per heavy atom. The molecule has 0 aliphatic heterocycles. The number of halogens is 1. The van der Waals surface area contributed by atoms with Crippen molar-refractivity contribution in [3.05, 3.63) is 27.9 Å². The number of aromatic hydroxyl groups is 1. The zero-order chi connectivity index (χ0) is 12.7. The molecule has 0 spiro atoms. The molecule has 0 saturated carbocycles. The number of hydrogen-bond donors (Lipinski definition) is 2. The summed E-state index contributed by atoms with van der Waals surface area (Å²) in [6.45, 7) is 3.79. The van der Waals surface area contributed by atoms with Gasteiger partial charge in [-0.2, -0.15) is 5.10 Å². The highest BCUT2D eigenvalue weighted by molar-refractivity contribution is 9.10. The third-order valence-corrected chi connectivity index (χ3v) is 3.77. The van der Waals surface area contributed by atoms with E-state index in [1.807, 2.05) is 19.9 Å². The van der Waals surface area contributed by atoms with Crippen molar-refractivity contribution < 1.29 is 5.11 Å². The van der Waals surface area contributed by atoms with Crippen molar-refractivity contribution in [1.29, 1.82) is 0 Å². The Balaban J connectivity index is 2.76. The fraction of sp³-hybridized carbons (Fsp3) is 0.250. The van der Waals surface area contributed by atoms with Crippen LogP contribution in [-0.2, 0) is 7.05 Å². The van der Waals surface area contributed by atoms with Crippen molar-refractivity contribution in [3.8, 4) is 16.9 Å². The molecule has 4 nitrogen and oxygen atoms in total. The van der Waals surface area contributed by atoms with Gasteiger partial charge in [-0.15, -0.1) is 0 Å². The molecule has 2 rings (SSSR count). The van der Waals surface area contributed by atoms with E-state index < -0.39 is 0 Å². The minimum absolute atomic E-state index is 0.247. The molecular formula is C12H14BrN3O. The van der Waals surface area contributed by atoms with Crippen LogP contribution in [0.15, 0.2) is 16.7 Å². The summed E-state index contributed by atoms with van der Waals surface area (Å²) in [5, 5.41) is 14.3. The van der Waals surface area contributed by atoms with Gasteiger partial charge in [0.2, 0.25) is 0 Å². The largest absolute Gasteiger partial charge is 0.507 e. The molecule has 0 aliphatic rings. The topological polar surface area (TPSA) is 64.1 Å². The Kier molecular flexibility index (Phi) is 2.87. The number of phenolic OH excluding ortho intramolecular Hbond substituents is 1. The van der Waals surface area contributed by atoms with E-state index in [1.165, 1.54) is 0 Å². The van der Waals surface area contributed by atoms with E-state index in [2.05, 4.69) is 21.0 Å². The van der Waals surface area contributed by atoms with Gasteiger partial charge in [-0.05, 0) is 25.5 Å². The van der Waals surface area contributed by atoms with Crippen LogP contribution in [0.25, 0.3) is 11.1 Å². The van der Waals surface area contributed by atoms with Gasteiger partial charge in [0.1, 0.15) is 11.6 Å². The molecule has 0 saturated heterocycles. The standard InChI is InChI=1S/C12H14BrN3O/c1-6-4-9(13)7(2)11(17)10(6)8-5-15-16(3)12(8)14/h4-5,17H,14H2,1-3H3. The van der Waals surface area contributed by atoms with Gasteiger partial charge >= 0.3 is 0 Å². The minimum Gasteiger partial charge on any atom is -0.507 e. The second kappa shape index (κ2) is 4.07. The number of aryl methyl sites for hydroxylation is 2. The molecule has 1 aromatic heterocycles. The van der Waals surface area contributed by atoms with Crippen LogP contribution in [0.3, 0.4) is 0 Å². The Morgan fingerprint density at radius 1 is 1.41 bits per heavy atom. The summed E-state index contributed by atoms with van der Waals surface area (Å²) < 4.78 is 2.48. The van der Waals surface area contributed by atoms with Crippen LogP contribution in [0.5, 0.6) is 5.75 Å². The first-order valence-corrected chi connectivity index (χ1v) is 5.99. The second-order valence-electron chi connectivity index (χ2n) is 4.09. The van der Waals surface area contributed by atoms with Gasteiger partial charge in [0, 0.05) is 28.2 Å². The van der Waals surface area contributed by atoms with Gasteiger partial charge in [0.25, 0.3) is 0 Å². The van der Waals surface area contributed by atoms with Crippen LogP contribution in [0.2, 0.25) is 0 Å². The van der Waals surface area contributed by atoms with Gasteiger partial charge in [-0.3, -0.25) is 4.68 Å². The summed E-state index contributed by atoms with van der Waals surface area (Å²) >= 11 is 3.42. The maximum absolute atomic E-state index is 10.2. The predicted octanol–water partition coefficient (Wildman–Crippen LogP) is 2.75. The fourth-order valence-corrected chi connectivity index (χ4v) is 2.37. The van der Waals surface area contributed by atoms with Crippen LogP contribution < -0.4 is 5.73 Å². The van der Waals surface area contributed by atoms with Crippen LogP contribution in [-0.4, -0.2) is 14.9 Å². The third kappa shape index (κ3) is 1.80. The summed E-state index contributed by atoms with van der Waals surface area (Å²) in [6, 6.07) is 1.97. The molecule has 1 heterocycles. The van der Waals surface area contributed by atoms with Crippen LogP contribution >= 0.6 is 15.9 Å². The highest BCUT2D eigenvalue weighted by Gasteiger charge is 2.17. The molecule has 0 unspecified atom stereocenters. The molecule has 0 atom stereocenters. The molecule has 5 heteroatoms. The predicted molar refractivity (Wildman–Crippen MR) is 71.9 cm³/mol. The molecule has 3 N–H and O–H groups in total. The molecule has 17 heavy (non-hydrogen) atoms. The van der Waals surface area contributed by atoms with Gasteiger partial charge in [-0.1, -0.05) is 15.9 Å². The SMILES string of the molecule is Cc1cc(Br)c(C)c(O)c1-c1cnn(C)c1N. The smallest absolute Gasteiger partial charge is 0.129 e. The molecule has 0 radical (unpaired) electrons. The Labute approximate surface area is 108 Å². The van der Waals surface area contributed by atoms with Gasteiger partial charge in [0.15, 0.2) is 0 Å². The monoisotopic (exact) mass is 295 g/mol. The highest BCUT2D eigenvalue weighted by Crippen LogP contribution is 2.40. The van der Waals surface area contributed by atoms with Crippen LogP contribution in [0.4, 0.5) is 5.82 Å². The van der Waals surface area contributed by atoms with E-state index in [0.717, 1.165) is 26.7 Å². The number of benzene rings is 1. The van der Waals surface area contributed by atoms with E-state index in [-0.39, 0.29) is 5.75 Å². The van der Waals surface area contributed by atoms with E-state index in [9.17, 15) is 5.11 Å². The first-order valence-electron chi connectivity index (χ1n) is 5.20. The van der Waals surface area contributed by atoms with Gasteiger partial charge in [0.05, 0.1) is 6.20 Å². The summed E-state index contributed by atoms with van der Waals surface area (Å²) in [5.41, 5.74) is 9.20. The van der Waals surface area contributed by atoms with E-state index in [4.69, 9.17) is 5.73 Å². The number of rotatable bonds is 1. The quantitative estimate of drug-likeness (QED) is 0.850. The first-order chi connectivity index (χ1) is 7.93. The molecule has 1 aromatic carbocycles. The van der Waals surface area contributed by atoms with Crippen molar-refractivity contribution in [2.75, 3.05) is 5.73 Å². The molecular weight excluding hydrogens is 282 g/mol. The number of phenols is 1. The fourth-order valence-electron chi connectivity index (χ4n) is 1.84.